The van der Waals surface area contributed by atoms with E-state index in [0.717, 1.165) is 5.69 Å². The maximum atomic E-state index is 10.5. The average Bonchev–Trinajstić information content (AvgIpc) is 1.88. The molecular weight excluding hydrogens is 316 g/mol. The van der Waals surface area contributed by atoms with Crippen molar-refractivity contribution in [3.63, 3.8) is 0 Å². The number of nitrogens with one attached hydrogen (secondary N) is 1. The van der Waals surface area contributed by atoms with Gasteiger partial charge in [0.05, 0.1) is 0 Å². The van der Waals surface area contributed by atoms with Gasteiger partial charge in [-0.1, -0.05) is 18.2 Å². The molecule has 0 radical (unpaired) electrons. The molecule has 0 aromatic heterocycles. The number of anilines is 1. The molecule has 0 atom stereocenters. The molecule has 1 aromatic carbocycles. The summed E-state index contributed by atoms with van der Waals surface area (Å²) in [5.41, 5.74) is 0.843. The van der Waals surface area contributed by atoms with Gasteiger partial charge < -0.3 is 54.9 Å². The molecule has 2 nitrogen and oxygen atoms in total. The number of hydrogen-bond acceptors (Lipinski definition) is 1. The molecule has 0 aliphatic heterocycles. The van der Waals surface area contributed by atoms with Gasteiger partial charge in [0.15, 0.2) is 0 Å². The number of carbonyl (C=O) groups is 1. The zero-order valence-electron chi connectivity index (χ0n) is 7.81. The Morgan fingerprint density at radius 3 is 1.73 bits per heavy atom. The summed E-state index contributed by atoms with van der Waals surface area (Å²) in [4.78, 5) is 10.5. The van der Waals surface area contributed by atoms with Gasteiger partial charge in [0.2, 0.25) is 5.91 Å². The fourth-order valence-electron chi connectivity index (χ4n) is 0.725. The van der Waals surface area contributed by atoms with E-state index in [0.29, 0.717) is 0 Å². The monoisotopic (exact) mass is 323 g/mol. The quantitative estimate of drug-likeness (QED) is 0.511. The molecule has 1 amide bonds. The van der Waals surface area contributed by atoms with Gasteiger partial charge >= 0.3 is 21.7 Å². The maximum absolute atomic E-state index is 10.5. The van der Waals surface area contributed by atoms with Crippen molar-refractivity contribution in [2.24, 2.45) is 0 Å². The van der Waals surface area contributed by atoms with Crippen LogP contribution in [0.25, 0.3) is 0 Å². The number of para-hydroxylation sites is 1. The first kappa shape index (κ1) is 29.6. The van der Waals surface area contributed by atoms with Crippen LogP contribution in [0.4, 0.5) is 5.69 Å². The van der Waals surface area contributed by atoms with Crippen molar-refractivity contribution in [3.8, 4) is 0 Å². The van der Waals surface area contributed by atoms with Crippen molar-refractivity contribution in [1.29, 1.82) is 0 Å². The van der Waals surface area contributed by atoms with E-state index in [-0.39, 0.29) is 77.3 Å². The van der Waals surface area contributed by atoms with E-state index in [1.165, 1.54) is 6.92 Å². The average molecular weight is 325 g/mol. The normalized spacial score (nSPS) is 5.93. The molecule has 0 unspecified atom stereocenters. The number of rotatable bonds is 1. The van der Waals surface area contributed by atoms with Crippen molar-refractivity contribution in [2.75, 3.05) is 5.32 Å². The molecule has 0 aliphatic carbocycles. The van der Waals surface area contributed by atoms with E-state index >= 15 is 0 Å². The molecule has 1 aromatic rings. The Hall–Kier alpha value is 0.564. The first-order valence-electron chi connectivity index (χ1n) is 3.11. The summed E-state index contributed by atoms with van der Waals surface area (Å²) < 4.78 is 0. The molecule has 0 spiro atoms. The third-order valence-corrected chi connectivity index (χ3v) is 1.09. The van der Waals surface area contributed by atoms with E-state index in [2.05, 4.69) is 5.32 Å². The molecule has 0 saturated heterocycles. The summed E-state index contributed by atoms with van der Waals surface area (Å²) in [5.74, 6) is -0.0359. The first-order valence-corrected chi connectivity index (χ1v) is 3.11. The molecule has 15 heavy (non-hydrogen) atoms. The molecule has 1 rings (SSSR count). The number of carbonyl (C=O) groups excluding carboxylic acids is 1. The minimum atomic E-state index is -0.0359. The molecule has 84 valence electrons. The third-order valence-electron chi connectivity index (χ3n) is 1.09. The predicted molar refractivity (Wildman–Crippen MR) is 40.7 cm³/mol. The number of amides is 1. The second kappa shape index (κ2) is 17.0. The van der Waals surface area contributed by atoms with Crippen LogP contribution in [0.5, 0.6) is 0 Å². The Morgan fingerprint density at radius 1 is 1.00 bits per heavy atom. The van der Waals surface area contributed by atoms with Crippen LogP contribution in [0, 0.1) is 0 Å². The summed E-state index contributed by atoms with van der Waals surface area (Å²) in [5, 5.41) is 2.67. The van der Waals surface area contributed by atoms with Crippen molar-refractivity contribution in [1.82, 2.24) is 0 Å². The minimum absolute atomic E-state index is 0. The third kappa shape index (κ3) is 14.6. The Bertz CT molecular complexity index is 235. The molecule has 7 heteroatoms. The van der Waals surface area contributed by atoms with Gasteiger partial charge in [-0.25, -0.2) is 0 Å². The summed E-state index contributed by atoms with van der Waals surface area (Å²) in [6.07, 6.45) is 0. The zero-order chi connectivity index (χ0) is 7.40. The van der Waals surface area contributed by atoms with Gasteiger partial charge in [0.25, 0.3) is 0 Å². The van der Waals surface area contributed by atoms with Gasteiger partial charge in [-0.2, -0.15) is 0 Å². The van der Waals surface area contributed by atoms with Crippen molar-refractivity contribution < 1.29 is 76.1 Å². The summed E-state index contributed by atoms with van der Waals surface area (Å²) in [6, 6.07) is 9.37. The Balaban J connectivity index is -0.0000000667. The van der Waals surface area contributed by atoms with Crippen LogP contribution in [-0.4, -0.2) is 5.91 Å². The topological polar surface area (TPSA) is 29.1 Å². The SMILES string of the molecule is CC(=O)Nc1ccccc1.[Cl-].[Cl-].[Cl-].[Cl-].[Ti+4]. The zero-order valence-corrected chi connectivity index (χ0v) is 12.4. The van der Waals surface area contributed by atoms with Crippen LogP contribution in [0.3, 0.4) is 0 Å². The van der Waals surface area contributed by atoms with Crippen molar-refractivity contribution in [3.05, 3.63) is 30.3 Å². The van der Waals surface area contributed by atoms with E-state index in [1.54, 1.807) is 0 Å². The van der Waals surface area contributed by atoms with Crippen LogP contribution in [-0.2, 0) is 26.5 Å². The fraction of sp³-hybridized carbons (Fsp3) is 0.125. The smallest absolute Gasteiger partial charge is 1.00 e. The second-order valence-electron chi connectivity index (χ2n) is 2.05. The van der Waals surface area contributed by atoms with E-state index in [1.807, 2.05) is 30.3 Å². The molecule has 0 heterocycles. The van der Waals surface area contributed by atoms with Gasteiger partial charge in [0.1, 0.15) is 0 Å². The van der Waals surface area contributed by atoms with Crippen LogP contribution >= 0.6 is 0 Å². The fourth-order valence-corrected chi connectivity index (χ4v) is 0.725. The maximum Gasteiger partial charge on any atom is 4.00 e. The van der Waals surface area contributed by atoms with Crippen molar-refractivity contribution in [2.45, 2.75) is 6.92 Å². The summed E-state index contributed by atoms with van der Waals surface area (Å²) >= 11 is 0. The predicted octanol–water partition coefficient (Wildman–Crippen LogP) is -10.3. The summed E-state index contributed by atoms with van der Waals surface area (Å²) in [7, 11) is 0. The van der Waals surface area contributed by atoms with E-state index in [9.17, 15) is 4.79 Å². The van der Waals surface area contributed by atoms with Crippen LogP contribution in [0.1, 0.15) is 6.92 Å². The van der Waals surface area contributed by atoms with Crippen molar-refractivity contribution >= 4 is 11.6 Å². The van der Waals surface area contributed by atoms with Crippen LogP contribution in [0.15, 0.2) is 30.3 Å². The van der Waals surface area contributed by atoms with Gasteiger partial charge in [-0.15, -0.1) is 0 Å². The van der Waals surface area contributed by atoms with E-state index < -0.39 is 0 Å². The molecule has 0 bridgehead atoms. The molecule has 0 aliphatic rings. The Labute approximate surface area is 129 Å². The number of hydrogen-bond donors (Lipinski definition) is 1. The van der Waals surface area contributed by atoms with Gasteiger partial charge in [-0.05, 0) is 12.1 Å². The van der Waals surface area contributed by atoms with Crippen LogP contribution in [0.2, 0.25) is 0 Å². The number of benzene rings is 1. The Kier molecular flexibility index (Phi) is 33.5. The second-order valence-corrected chi connectivity index (χ2v) is 2.05. The van der Waals surface area contributed by atoms with E-state index in [4.69, 9.17) is 0 Å². The van der Waals surface area contributed by atoms with Crippen LogP contribution < -0.4 is 54.9 Å². The summed E-state index contributed by atoms with van der Waals surface area (Å²) in [6.45, 7) is 1.49. The molecule has 0 fully saturated rings. The standard InChI is InChI=1S/C8H9NO.4ClH.Ti/c1-7(10)9-8-5-3-2-4-6-8;;;;;/h2-6H,1H3,(H,9,10);4*1H;/q;;;;;+4/p-4. The molecular formula is C8H9Cl4NOTi. The van der Waals surface area contributed by atoms with Gasteiger partial charge in [0, 0.05) is 12.6 Å². The Morgan fingerprint density at radius 2 is 1.40 bits per heavy atom. The minimum Gasteiger partial charge on any atom is -1.00 e. The first-order chi connectivity index (χ1) is 4.79. The van der Waals surface area contributed by atoms with Gasteiger partial charge in [-0.3, -0.25) is 4.79 Å². The largest absolute Gasteiger partial charge is 4.00 e. The number of halogens is 4. The molecule has 1 N–H and O–H groups in total. The molecule has 0 saturated carbocycles.